The average molecular weight is 355 g/mol. The highest BCUT2D eigenvalue weighted by Gasteiger charge is 2.25. The zero-order valence-corrected chi connectivity index (χ0v) is 17.3. The number of hydrogen-bond acceptors (Lipinski definition) is 4. The van der Waals surface area contributed by atoms with Crippen LogP contribution in [0.2, 0.25) is 0 Å². The number of piperidine rings is 1. The monoisotopic (exact) mass is 354 g/mol. The van der Waals surface area contributed by atoms with Gasteiger partial charge in [0.2, 0.25) is 0 Å². The molecule has 1 aliphatic heterocycles. The molecular weight excluding hydrogens is 320 g/mol. The molecule has 4 nitrogen and oxygen atoms in total. The second-order valence-corrected chi connectivity index (χ2v) is 8.11. The van der Waals surface area contributed by atoms with Gasteiger partial charge in [-0.2, -0.15) is 0 Å². The summed E-state index contributed by atoms with van der Waals surface area (Å²) in [5, 5.41) is 0. The third-order valence-electron chi connectivity index (χ3n) is 4.62. The predicted molar refractivity (Wildman–Crippen MR) is 109 cm³/mol. The molecule has 0 aliphatic carbocycles. The number of aromatic nitrogens is 3. The fraction of sp³-hybridized carbons (Fsp3) is 0.591. The largest absolute Gasteiger partial charge is 0.303 e. The van der Waals surface area contributed by atoms with Crippen molar-refractivity contribution in [1.82, 2.24) is 19.9 Å². The van der Waals surface area contributed by atoms with Crippen molar-refractivity contribution >= 4 is 0 Å². The molecule has 142 valence electrons. The Morgan fingerprint density at radius 3 is 2.27 bits per heavy atom. The molecule has 0 unspecified atom stereocenters. The molecule has 26 heavy (non-hydrogen) atoms. The Morgan fingerprint density at radius 2 is 1.69 bits per heavy atom. The van der Waals surface area contributed by atoms with Gasteiger partial charge in [0.25, 0.3) is 0 Å². The quantitative estimate of drug-likeness (QED) is 0.769. The smallest absolute Gasteiger partial charge is 0.159 e. The molecule has 0 N–H and O–H groups in total. The fourth-order valence-electron chi connectivity index (χ4n) is 3.54. The zero-order valence-electron chi connectivity index (χ0n) is 17.3. The Hall–Kier alpha value is -1.81. The Balaban J connectivity index is 0.00000117. The van der Waals surface area contributed by atoms with Crippen LogP contribution in [-0.2, 0) is 0 Å². The highest BCUT2D eigenvalue weighted by molar-refractivity contribution is 5.54. The lowest BCUT2D eigenvalue weighted by atomic mass is 9.89. The zero-order chi connectivity index (χ0) is 19.2. The summed E-state index contributed by atoms with van der Waals surface area (Å²) < 4.78 is 0. The van der Waals surface area contributed by atoms with Crippen molar-refractivity contribution in [3.05, 3.63) is 42.0 Å². The third kappa shape index (κ3) is 5.60. The van der Waals surface area contributed by atoms with Crippen LogP contribution in [0.5, 0.6) is 0 Å². The van der Waals surface area contributed by atoms with E-state index in [0.717, 1.165) is 24.5 Å². The normalized spacial score (nSPS) is 16.1. The summed E-state index contributed by atoms with van der Waals surface area (Å²) in [5.41, 5.74) is 3.84. The van der Waals surface area contributed by atoms with E-state index < -0.39 is 0 Å². The number of pyridine rings is 1. The van der Waals surface area contributed by atoms with E-state index in [9.17, 15) is 0 Å². The molecule has 1 saturated heterocycles. The Labute approximate surface area is 159 Å². The highest BCUT2D eigenvalue weighted by atomic mass is 15.1. The van der Waals surface area contributed by atoms with Crippen LogP contribution in [0.3, 0.4) is 0 Å². The number of likely N-dealkylation sites (tertiary alicyclic amines) is 1. The van der Waals surface area contributed by atoms with Crippen molar-refractivity contribution in [3.63, 3.8) is 0 Å². The number of rotatable bonds is 3. The van der Waals surface area contributed by atoms with Crippen LogP contribution in [0.1, 0.15) is 64.6 Å². The first-order valence-corrected chi connectivity index (χ1v) is 9.89. The van der Waals surface area contributed by atoms with Gasteiger partial charge in [-0.15, -0.1) is 0 Å². The van der Waals surface area contributed by atoms with Crippen molar-refractivity contribution < 1.29 is 0 Å². The van der Waals surface area contributed by atoms with Gasteiger partial charge in [0, 0.05) is 36.6 Å². The molecule has 0 bridgehead atoms. The van der Waals surface area contributed by atoms with E-state index in [-0.39, 0.29) is 0 Å². The van der Waals surface area contributed by atoms with Crippen molar-refractivity contribution in [3.8, 4) is 11.4 Å². The molecule has 0 spiro atoms. The molecule has 1 fully saturated rings. The summed E-state index contributed by atoms with van der Waals surface area (Å²) in [5.74, 6) is 1.36. The maximum Gasteiger partial charge on any atom is 0.159 e. The molecule has 0 amide bonds. The van der Waals surface area contributed by atoms with Crippen LogP contribution in [0.4, 0.5) is 0 Å². The van der Waals surface area contributed by atoms with Crippen LogP contribution < -0.4 is 0 Å². The lowest BCUT2D eigenvalue weighted by Gasteiger charge is -2.36. The molecule has 2 aromatic rings. The fourth-order valence-corrected chi connectivity index (χ4v) is 3.54. The third-order valence-corrected chi connectivity index (χ3v) is 4.62. The molecule has 0 aromatic carbocycles. The number of aryl methyl sites for hydroxylation is 1. The van der Waals surface area contributed by atoms with Crippen LogP contribution >= 0.6 is 0 Å². The second-order valence-electron chi connectivity index (χ2n) is 8.11. The maximum atomic E-state index is 4.91. The lowest BCUT2D eigenvalue weighted by molar-refractivity contribution is 0.153. The molecule has 0 saturated carbocycles. The van der Waals surface area contributed by atoms with Crippen molar-refractivity contribution in [2.24, 2.45) is 5.41 Å². The molecule has 1 aliphatic rings. The van der Waals surface area contributed by atoms with Crippen molar-refractivity contribution in [2.75, 3.05) is 19.6 Å². The number of nitrogens with zero attached hydrogens (tertiary/aromatic N) is 4. The van der Waals surface area contributed by atoms with Gasteiger partial charge in [0.1, 0.15) is 0 Å². The van der Waals surface area contributed by atoms with Gasteiger partial charge in [-0.05, 0) is 56.0 Å². The van der Waals surface area contributed by atoms with Crippen LogP contribution in [0.15, 0.2) is 30.7 Å². The van der Waals surface area contributed by atoms with Crippen LogP contribution in [-0.4, -0.2) is 39.5 Å². The van der Waals surface area contributed by atoms with E-state index in [2.05, 4.69) is 42.6 Å². The number of hydrogen-bond donors (Lipinski definition) is 0. The van der Waals surface area contributed by atoms with Gasteiger partial charge in [-0.1, -0.05) is 34.6 Å². The lowest BCUT2D eigenvalue weighted by Crippen LogP contribution is -2.38. The first-order chi connectivity index (χ1) is 12.4. The summed E-state index contributed by atoms with van der Waals surface area (Å²) in [6.07, 6.45) is 7.93. The summed E-state index contributed by atoms with van der Waals surface area (Å²) in [6, 6.07) is 3.95. The van der Waals surface area contributed by atoms with E-state index in [0.29, 0.717) is 11.3 Å². The van der Waals surface area contributed by atoms with E-state index >= 15 is 0 Å². The molecule has 2 aromatic heterocycles. The summed E-state index contributed by atoms with van der Waals surface area (Å²) in [7, 11) is 0. The molecule has 0 radical (unpaired) electrons. The first-order valence-electron chi connectivity index (χ1n) is 9.89. The second kappa shape index (κ2) is 9.22. The molecular formula is C22H34N4. The highest BCUT2D eigenvalue weighted by Crippen LogP contribution is 2.31. The molecule has 3 heterocycles. The summed E-state index contributed by atoms with van der Waals surface area (Å²) >= 11 is 0. The van der Waals surface area contributed by atoms with Gasteiger partial charge in [-0.3, -0.25) is 4.98 Å². The topological polar surface area (TPSA) is 41.9 Å². The maximum absolute atomic E-state index is 4.91. The first kappa shape index (κ1) is 20.5. The SMILES string of the molecule is CC.Cc1cnc(-c2ccncc2)nc1C1CCN(CC(C)(C)C)CC1. The van der Waals surface area contributed by atoms with Crippen LogP contribution in [0.25, 0.3) is 11.4 Å². The van der Waals surface area contributed by atoms with E-state index in [1.54, 1.807) is 12.4 Å². The minimum Gasteiger partial charge on any atom is -0.303 e. The Morgan fingerprint density at radius 1 is 1.08 bits per heavy atom. The van der Waals surface area contributed by atoms with Gasteiger partial charge in [-0.25, -0.2) is 9.97 Å². The van der Waals surface area contributed by atoms with Crippen molar-refractivity contribution in [2.45, 2.75) is 60.3 Å². The Bertz CT molecular complexity index is 668. The standard InChI is InChI=1S/C20H28N4.C2H6/c1-15-13-22-19(17-5-9-21-10-6-17)23-18(15)16-7-11-24(12-8-16)14-20(2,3)4;1-2/h5-6,9-10,13,16H,7-8,11-12,14H2,1-4H3;1-2H3. The Kier molecular flexibility index (Phi) is 7.27. The van der Waals surface area contributed by atoms with Gasteiger partial charge in [0.15, 0.2) is 5.82 Å². The van der Waals surface area contributed by atoms with Gasteiger partial charge < -0.3 is 4.90 Å². The van der Waals surface area contributed by atoms with E-state index in [1.165, 1.54) is 30.6 Å². The summed E-state index contributed by atoms with van der Waals surface area (Å²) in [6.45, 7) is 16.6. The van der Waals surface area contributed by atoms with E-state index in [1.807, 2.05) is 32.2 Å². The van der Waals surface area contributed by atoms with E-state index in [4.69, 9.17) is 4.98 Å². The van der Waals surface area contributed by atoms with Crippen LogP contribution in [0, 0.1) is 12.3 Å². The van der Waals surface area contributed by atoms with Gasteiger partial charge in [0.05, 0.1) is 5.69 Å². The minimum absolute atomic E-state index is 0.367. The molecule has 0 atom stereocenters. The molecule has 3 rings (SSSR count). The molecule has 4 heteroatoms. The van der Waals surface area contributed by atoms with Crippen molar-refractivity contribution in [1.29, 1.82) is 0 Å². The minimum atomic E-state index is 0.367. The average Bonchev–Trinajstić information content (AvgIpc) is 2.64. The summed E-state index contributed by atoms with van der Waals surface area (Å²) in [4.78, 5) is 16.1. The predicted octanol–water partition coefficient (Wildman–Crippen LogP) is 5.10. The van der Waals surface area contributed by atoms with Gasteiger partial charge >= 0.3 is 0 Å².